The van der Waals surface area contributed by atoms with E-state index in [1.54, 1.807) is 0 Å². The smallest absolute Gasteiger partial charge is 0.0849 e. The van der Waals surface area contributed by atoms with Crippen molar-refractivity contribution in [1.29, 1.82) is 0 Å². The monoisotopic (exact) mass is 271 g/mol. The standard InChI is InChI=1S/C13H22ClN3O/c1-3-10-12(14)11(17(2)16-10)8-13(9-18)4-6-15-7-5-13/h15,18H,3-9H2,1-2H3. The largest absolute Gasteiger partial charge is 0.396 e. The summed E-state index contributed by atoms with van der Waals surface area (Å²) in [5.41, 5.74) is 1.98. The SMILES string of the molecule is CCc1nn(C)c(CC2(CO)CCNCC2)c1Cl. The summed E-state index contributed by atoms with van der Waals surface area (Å²) in [6.07, 6.45) is 3.65. The van der Waals surface area contributed by atoms with Gasteiger partial charge in [0.2, 0.25) is 0 Å². The quantitative estimate of drug-likeness (QED) is 0.873. The Bertz CT molecular complexity index is 411. The van der Waals surface area contributed by atoms with Crippen molar-refractivity contribution in [3.8, 4) is 0 Å². The number of nitrogens with zero attached hydrogens (tertiary/aromatic N) is 2. The molecule has 2 heterocycles. The maximum absolute atomic E-state index is 9.75. The lowest BCUT2D eigenvalue weighted by molar-refractivity contribution is 0.0874. The second kappa shape index (κ2) is 5.59. The third kappa shape index (κ3) is 2.56. The summed E-state index contributed by atoms with van der Waals surface area (Å²) >= 11 is 6.39. The van der Waals surface area contributed by atoms with Gasteiger partial charge in [-0.3, -0.25) is 4.68 Å². The van der Waals surface area contributed by atoms with Crippen LogP contribution < -0.4 is 5.32 Å². The Kier molecular flexibility index (Phi) is 4.30. The summed E-state index contributed by atoms with van der Waals surface area (Å²) in [6, 6.07) is 0. The first-order valence-corrected chi connectivity index (χ1v) is 7.01. The highest BCUT2D eigenvalue weighted by atomic mass is 35.5. The van der Waals surface area contributed by atoms with Crippen molar-refractivity contribution >= 4 is 11.6 Å². The van der Waals surface area contributed by atoms with Gasteiger partial charge in [0.25, 0.3) is 0 Å². The van der Waals surface area contributed by atoms with Crippen LogP contribution in [-0.4, -0.2) is 34.6 Å². The topological polar surface area (TPSA) is 50.1 Å². The summed E-state index contributed by atoms with van der Waals surface area (Å²) in [5, 5.41) is 18.3. The predicted octanol–water partition coefficient (Wildman–Crippen LogP) is 1.54. The van der Waals surface area contributed by atoms with Gasteiger partial charge in [-0.15, -0.1) is 0 Å². The lowest BCUT2D eigenvalue weighted by atomic mass is 9.76. The number of hydrogen-bond donors (Lipinski definition) is 2. The van der Waals surface area contributed by atoms with Gasteiger partial charge in [-0.2, -0.15) is 5.10 Å². The van der Waals surface area contributed by atoms with Crippen LogP contribution in [0.15, 0.2) is 0 Å². The molecule has 1 aromatic rings. The van der Waals surface area contributed by atoms with Crippen LogP contribution in [0.4, 0.5) is 0 Å². The van der Waals surface area contributed by atoms with Gasteiger partial charge in [0.05, 0.1) is 16.4 Å². The van der Waals surface area contributed by atoms with Crippen LogP contribution in [0.5, 0.6) is 0 Å². The van der Waals surface area contributed by atoms with Crippen molar-refractivity contribution in [2.45, 2.75) is 32.6 Å². The van der Waals surface area contributed by atoms with Crippen molar-refractivity contribution < 1.29 is 5.11 Å². The number of rotatable bonds is 4. The second-order valence-electron chi connectivity index (χ2n) is 5.27. The molecule has 5 heteroatoms. The van der Waals surface area contributed by atoms with Crippen LogP contribution in [0, 0.1) is 5.41 Å². The highest BCUT2D eigenvalue weighted by molar-refractivity contribution is 6.31. The lowest BCUT2D eigenvalue weighted by Crippen LogP contribution is -2.41. The van der Waals surface area contributed by atoms with Crippen molar-refractivity contribution in [2.75, 3.05) is 19.7 Å². The highest BCUT2D eigenvalue weighted by Crippen LogP contribution is 2.35. The van der Waals surface area contributed by atoms with Gasteiger partial charge in [0, 0.05) is 19.1 Å². The molecule has 102 valence electrons. The Morgan fingerprint density at radius 2 is 2.11 bits per heavy atom. The molecule has 1 saturated heterocycles. The van der Waals surface area contributed by atoms with Gasteiger partial charge in [0.1, 0.15) is 0 Å². The van der Waals surface area contributed by atoms with E-state index in [4.69, 9.17) is 11.6 Å². The molecule has 2 N–H and O–H groups in total. The maximum atomic E-state index is 9.75. The van der Waals surface area contributed by atoms with E-state index < -0.39 is 0 Å². The second-order valence-corrected chi connectivity index (χ2v) is 5.65. The summed E-state index contributed by atoms with van der Waals surface area (Å²) < 4.78 is 1.88. The Hall–Kier alpha value is -0.580. The van der Waals surface area contributed by atoms with Crippen LogP contribution >= 0.6 is 11.6 Å². The van der Waals surface area contributed by atoms with E-state index in [0.29, 0.717) is 0 Å². The zero-order valence-electron chi connectivity index (χ0n) is 11.2. The number of nitrogens with one attached hydrogen (secondary N) is 1. The third-order valence-electron chi connectivity index (χ3n) is 4.05. The predicted molar refractivity (Wildman–Crippen MR) is 72.9 cm³/mol. The first kappa shape index (κ1) is 13.8. The molecule has 0 radical (unpaired) electrons. The molecule has 0 spiro atoms. The van der Waals surface area contributed by atoms with E-state index in [2.05, 4.69) is 17.3 Å². The number of aliphatic hydroxyl groups is 1. The van der Waals surface area contributed by atoms with E-state index in [-0.39, 0.29) is 12.0 Å². The summed E-state index contributed by atoms with van der Waals surface area (Å²) in [4.78, 5) is 0. The summed E-state index contributed by atoms with van der Waals surface area (Å²) in [5.74, 6) is 0. The number of aryl methyl sites for hydroxylation is 2. The fraction of sp³-hybridized carbons (Fsp3) is 0.769. The average Bonchev–Trinajstić information content (AvgIpc) is 2.67. The molecule has 1 aliphatic rings. The van der Waals surface area contributed by atoms with Crippen LogP contribution in [-0.2, 0) is 19.9 Å². The van der Waals surface area contributed by atoms with Gasteiger partial charge in [0.15, 0.2) is 0 Å². The molecule has 0 aliphatic carbocycles. The number of halogens is 1. The summed E-state index contributed by atoms with van der Waals surface area (Å²) in [7, 11) is 1.94. The molecule has 0 unspecified atom stereocenters. The van der Waals surface area contributed by atoms with Crippen LogP contribution in [0.1, 0.15) is 31.2 Å². The van der Waals surface area contributed by atoms with E-state index in [0.717, 1.165) is 55.2 Å². The molecule has 4 nitrogen and oxygen atoms in total. The zero-order chi connectivity index (χ0) is 13.2. The molecule has 18 heavy (non-hydrogen) atoms. The molecule has 1 aromatic heterocycles. The molecule has 2 rings (SSSR count). The lowest BCUT2D eigenvalue weighted by Gasteiger charge is -2.36. The molecule has 1 fully saturated rings. The first-order chi connectivity index (χ1) is 8.62. The minimum atomic E-state index is -0.0340. The number of aliphatic hydroxyl groups excluding tert-OH is 1. The number of aromatic nitrogens is 2. The third-order valence-corrected chi connectivity index (χ3v) is 4.48. The molecular formula is C13H22ClN3O. The van der Waals surface area contributed by atoms with Crippen molar-refractivity contribution in [2.24, 2.45) is 12.5 Å². The van der Waals surface area contributed by atoms with Gasteiger partial charge < -0.3 is 10.4 Å². The first-order valence-electron chi connectivity index (χ1n) is 6.64. The van der Waals surface area contributed by atoms with Crippen molar-refractivity contribution in [1.82, 2.24) is 15.1 Å². The minimum absolute atomic E-state index is 0.0340. The van der Waals surface area contributed by atoms with Gasteiger partial charge in [-0.1, -0.05) is 18.5 Å². The van der Waals surface area contributed by atoms with Gasteiger partial charge >= 0.3 is 0 Å². The molecular weight excluding hydrogens is 250 g/mol. The Morgan fingerprint density at radius 3 is 2.61 bits per heavy atom. The van der Waals surface area contributed by atoms with E-state index in [9.17, 15) is 5.11 Å². The van der Waals surface area contributed by atoms with E-state index in [1.165, 1.54) is 0 Å². The number of hydrogen-bond acceptors (Lipinski definition) is 3. The summed E-state index contributed by atoms with van der Waals surface area (Å²) in [6.45, 7) is 4.22. The average molecular weight is 272 g/mol. The van der Waals surface area contributed by atoms with Crippen molar-refractivity contribution in [3.63, 3.8) is 0 Å². The van der Waals surface area contributed by atoms with Gasteiger partial charge in [-0.05, 0) is 38.8 Å². The normalized spacial score (nSPS) is 19.1. The van der Waals surface area contributed by atoms with E-state index >= 15 is 0 Å². The van der Waals surface area contributed by atoms with Gasteiger partial charge in [-0.25, -0.2) is 0 Å². The molecule has 0 aromatic carbocycles. The molecule has 0 atom stereocenters. The highest BCUT2D eigenvalue weighted by Gasteiger charge is 2.33. The van der Waals surface area contributed by atoms with Crippen LogP contribution in [0.25, 0.3) is 0 Å². The van der Waals surface area contributed by atoms with Crippen molar-refractivity contribution in [3.05, 3.63) is 16.4 Å². The Labute approximate surface area is 113 Å². The molecule has 1 aliphatic heterocycles. The molecule has 0 saturated carbocycles. The fourth-order valence-electron chi connectivity index (χ4n) is 2.71. The fourth-order valence-corrected chi connectivity index (χ4v) is 3.08. The molecule has 0 bridgehead atoms. The minimum Gasteiger partial charge on any atom is -0.396 e. The van der Waals surface area contributed by atoms with E-state index in [1.807, 2.05) is 11.7 Å². The zero-order valence-corrected chi connectivity index (χ0v) is 11.9. The maximum Gasteiger partial charge on any atom is 0.0849 e. The Morgan fingerprint density at radius 1 is 1.44 bits per heavy atom. The van der Waals surface area contributed by atoms with Crippen LogP contribution in [0.2, 0.25) is 5.02 Å². The number of piperidine rings is 1. The van der Waals surface area contributed by atoms with Crippen LogP contribution in [0.3, 0.4) is 0 Å². The Balaban J connectivity index is 2.24. The molecule has 0 amide bonds.